The van der Waals surface area contributed by atoms with Gasteiger partial charge in [-0.05, 0) is 105 Å². The molecule has 1 aromatic rings. The first-order chi connectivity index (χ1) is 13.8. The number of carbonyl (C=O) groups excluding carboxylic acids is 1. The average molecular weight is 397 g/mol. The number of fused-ring (bicyclic) bond motifs is 5. The first kappa shape index (κ1) is 19.5. The number of aromatic nitrogens is 2. The van der Waals surface area contributed by atoms with Crippen molar-refractivity contribution in [3.8, 4) is 0 Å². The van der Waals surface area contributed by atoms with Gasteiger partial charge in [0, 0.05) is 18.2 Å². The van der Waals surface area contributed by atoms with E-state index < -0.39 is 0 Å². The van der Waals surface area contributed by atoms with Crippen molar-refractivity contribution in [2.75, 3.05) is 0 Å². The highest BCUT2D eigenvalue weighted by Crippen LogP contribution is 2.66. The second-order valence-corrected chi connectivity index (χ2v) is 10.8. The normalized spacial score (nSPS) is 45.7. The van der Waals surface area contributed by atoms with Crippen molar-refractivity contribution >= 4 is 11.9 Å². The Hall–Kier alpha value is -1.42. The van der Waals surface area contributed by atoms with Crippen molar-refractivity contribution in [3.63, 3.8) is 0 Å². The summed E-state index contributed by atoms with van der Waals surface area (Å²) in [4.78, 5) is 13.5. The second-order valence-electron chi connectivity index (χ2n) is 10.8. The lowest BCUT2D eigenvalue weighted by atomic mass is 9.45. The molecule has 0 spiro atoms. The molecule has 29 heavy (non-hydrogen) atoms. The van der Waals surface area contributed by atoms with E-state index in [1.165, 1.54) is 19.3 Å². The van der Waals surface area contributed by atoms with Gasteiger partial charge in [-0.1, -0.05) is 13.8 Å². The first-order valence-electron chi connectivity index (χ1n) is 11.8. The summed E-state index contributed by atoms with van der Waals surface area (Å²) in [5.41, 5.74) is 2.10. The van der Waals surface area contributed by atoms with Crippen molar-refractivity contribution in [1.29, 1.82) is 0 Å². The molecule has 4 nitrogen and oxygen atoms in total. The van der Waals surface area contributed by atoms with Crippen LogP contribution in [0.1, 0.15) is 77.8 Å². The van der Waals surface area contributed by atoms with Gasteiger partial charge in [0.1, 0.15) is 0 Å². The van der Waals surface area contributed by atoms with Gasteiger partial charge in [-0.25, -0.2) is 0 Å². The zero-order valence-electron chi connectivity index (χ0n) is 18.2. The maximum atomic E-state index is 13.5. The van der Waals surface area contributed by atoms with Gasteiger partial charge in [0.05, 0.1) is 11.8 Å². The predicted octanol–water partition coefficient (Wildman–Crippen LogP) is 4.87. The lowest BCUT2D eigenvalue weighted by molar-refractivity contribution is -0.141. The van der Waals surface area contributed by atoms with Crippen LogP contribution in [-0.4, -0.2) is 26.8 Å². The predicted molar refractivity (Wildman–Crippen MR) is 114 cm³/mol. The van der Waals surface area contributed by atoms with Crippen molar-refractivity contribution in [2.45, 2.75) is 84.8 Å². The SMILES string of the molecule is CCn1ccc(/C=C2\C[C@H]3[C@@H]4CC[C@H]5C[C@H](O)CC[C@]5(C)[C@H]4CC[C@]3(C)C2=O)n1. The third-order valence-electron chi connectivity index (χ3n) is 9.59. The number of ketones is 1. The van der Waals surface area contributed by atoms with Gasteiger partial charge in [-0.2, -0.15) is 5.10 Å². The van der Waals surface area contributed by atoms with Crippen molar-refractivity contribution in [1.82, 2.24) is 9.78 Å². The van der Waals surface area contributed by atoms with Crippen LogP contribution in [0.3, 0.4) is 0 Å². The van der Waals surface area contributed by atoms with E-state index in [0.29, 0.717) is 29.0 Å². The summed E-state index contributed by atoms with van der Waals surface area (Å²) in [5, 5.41) is 14.8. The molecule has 0 aromatic carbocycles. The lowest BCUT2D eigenvalue weighted by Gasteiger charge is -2.59. The van der Waals surface area contributed by atoms with E-state index in [1.54, 1.807) is 0 Å². The number of aliphatic hydroxyl groups is 1. The van der Waals surface area contributed by atoms with Crippen LogP contribution in [0.5, 0.6) is 0 Å². The van der Waals surface area contributed by atoms with Crippen LogP contribution in [0.2, 0.25) is 0 Å². The van der Waals surface area contributed by atoms with E-state index in [-0.39, 0.29) is 11.5 Å². The fourth-order valence-corrected chi connectivity index (χ4v) is 7.84. The molecule has 1 N–H and O–H groups in total. The highest BCUT2D eigenvalue weighted by molar-refractivity contribution is 6.05. The lowest BCUT2D eigenvalue weighted by Crippen LogP contribution is -2.54. The Morgan fingerprint density at radius 2 is 2.03 bits per heavy atom. The zero-order chi connectivity index (χ0) is 20.4. The number of hydrogen-bond acceptors (Lipinski definition) is 3. The van der Waals surface area contributed by atoms with Gasteiger partial charge >= 0.3 is 0 Å². The summed E-state index contributed by atoms with van der Waals surface area (Å²) < 4.78 is 1.93. The van der Waals surface area contributed by atoms with Crippen LogP contribution in [0.4, 0.5) is 0 Å². The number of nitrogens with zero attached hydrogens (tertiary/aromatic N) is 2. The molecule has 0 saturated heterocycles. The summed E-state index contributed by atoms with van der Waals surface area (Å²) >= 11 is 0. The van der Waals surface area contributed by atoms with E-state index in [4.69, 9.17) is 0 Å². The molecular formula is C25H36N2O2. The second kappa shape index (κ2) is 6.80. The standard InChI is InChI=1S/C25H36N2O2/c1-4-27-12-9-18(26-27)13-16-14-22-20-6-5-17-15-19(28)7-10-24(17,2)21(20)8-11-25(22,3)23(16)29/h9,12-13,17,19-22,28H,4-8,10-11,14-15H2,1-3H3/b16-13+/t17-,19+,20+,21-,22-,24-,25-/m0/s1. The van der Waals surface area contributed by atoms with Gasteiger partial charge in [-0.15, -0.1) is 0 Å². The van der Waals surface area contributed by atoms with Gasteiger partial charge in [-0.3, -0.25) is 9.48 Å². The van der Waals surface area contributed by atoms with Gasteiger partial charge in [0.2, 0.25) is 0 Å². The Morgan fingerprint density at radius 1 is 1.21 bits per heavy atom. The zero-order valence-corrected chi connectivity index (χ0v) is 18.2. The molecule has 1 heterocycles. The van der Waals surface area contributed by atoms with Gasteiger partial charge in [0.15, 0.2) is 5.78 Å². The molecule has 4 aliphatic carbocycles. The third kappa shape index (κ3) is 2.89. The molecule has 4 saturated carbocycles. The average Bonchev–Trinajstić information content (AvgIpc) is 3.26. The number of Topliss-reactive ketones (excluding diaryl/α,β-unsaturated/α-hetero) is 1. The number of allylic oxidation sites excluding steroid dienone is 1. The Balaban J connectivity index is 1.43. The summed E-state index contributed by atoms with van der Waals surface area (Å²) in [6.45, 7) is 7.70. The van der Waals surface area contributed by atoms with E-state index in [2.05, 4.69) is 31.9 Å². The molecule has 4 heteroatoms. The third-order valence-corrected chi connectivity index (χ3v) is 9.59. The monoisotopic (exact) mass is 396 g/mol. The number of carbonyl (C=O) groups is 1. The van der Waals surface area contributed by atoms with Gasteiger partial charge in [0.25, 0.3) is 0 Å². The molecule has 1 aromatic heterocycles. The Bertz CT molecular complexity index is 842. The van der Waals surface area contributed by atoms with Crippen molar-refractivity contribution in [2.24, 2.45) is 34.5 Å². The molecule has 0 radical (unpaired) electrons. The van der Waals surface area contributed by atoms with Crippen LogP contribution >= 0.6 is 0 Å². The molecule has 7 atom stereocenters. The fourth-order valence-electron chi connectivity index (χ4n) is 7.84. The number of rotatable bonds is 2. The molecule has 0 bridgehead atoms. The Labute approximate surface area is 174 Å². The Kier molecular flexibility index (Phi) is 4.58. The minimum Gasteiger partial charge on any atom is -0.393 e. The highest BCUT2D eigenvalue weighted by Gasteiger charge is 2.61. The Morgan fingerprint density at radius 3 is 2.79 bits per heavy atom. The molecule has 158 valence electrons. The summed E-state index contributed by atoms with van der Waals surface area (Å²) in [6, 6.07) is 2.02. The first-order valence-corrected chi connectivity index (χ1v) is 11.8. The minimum absolute atomic E-state index is 0.0935. The topological polar surface area (TPSA) is 55.1 Å². The van der Waals surface area contributed by atoms with E-state index in [1.807, 2.05) is 16.9 Å². The number of hydrogen-bond donors (Lipinski definition) is 1. The van der Waals surface area contributed by atoms with Gasteiger partial charge < -0.3 is 5.11 Å². The maximum absolute atomic E-state index is 13.5. The summed E-state index contributed by atoms with van der Waals surface area (Å²) in [7, 11) is 0. The molecule has 0 aliphatic heterocycles. The number of aliphatic hydroxyl groups excluding tert-OH is 1. The minimum atomic E-state index is -0.183. The summed E-state index contributed by atoms with van der Waals surface area (Å²) in [5.74, 6) is 2.92. The smallest absolute Gasteiger partial charge is 0.165 e. The van der Waals surface area contributed by atoms with Crippen LogP contribution in [0.15, 0.2) is 17.8 Å². The quantitative estimate of drug-likeness (QED) is 0.726. The largest absolute Gasteiger partial charge is 0.393 e. The molecule has 4 aliphatic rings. The summed E-state index contributed by atoms with van der Waals surface area (Å²) in [6.07, 6.45) is 12.7. The highest BCUT2D eigenvalue weighted by atomic mass is 16.3. The van der Waals surface area contributed by atoms with E-state index in [9.17, 15) is 9.90 Å². The van der Waals surface area contributed by atoms with Crippen LogP contribution in [0, 0.1) is 34.5 Å². The molecule has 0 amide bonds. The van der Waals surface area contributed by atoms with E-state index >= 15 is 0 Å². The van der Waals surface area contributed by atoms with E-state index in [0.717, 1.165) is 55.8 Å². The van der Waals surface area contributed by atoms with Crippen LogP contribution in [0.25, 0.3) is 6.08 Å². The van der Waals surface area contributed by atoms with Crippen molar-refractivity contribution in [3.05, 3.63) is 23.5 Å². The molecule has 5 rings (SSSR count). The fraction of sp³-hybridized carbons (Fsp3) is 0.760. The van der Waals surface area contributed by atoms with Crippen LogP contribution < -0.4 is 0 Å². The number of aryl methyl sites for hydroxylation is 1. The molecule has 0 unspecified atom stereocenters. The maximum Gasteiger partial charge on any atom is 0.165 e. The molecule has 4 fully saturated rings. The van der Waals surface area contributed by atoms with Crippen molar-refractivity contribution < 1.29 is 9.90 Å². The van der Waals surface area contributed by atoms with Crippen LogP contribution in [-0.2, 0) is 11.3 Å². The molecular weight excluding hydrogens is 360 g/mol.